The van der Waals surface area contributed by atoms with Gasteiger partial charge in [-0.1, -0.05) is 23.7 Å². The Labute approximate surface area is 133 Å². The van der Waals surface area contributed by atoms with Crippen LogP contribution < -0.4 is 0 Å². The SMILES string of the molecule is OCc1nc(-c2cccc(Cl)c2)n2c1CCC1(C2)OCCO1. The lowest BCUT2D eigenvalue weighted by molar-refractivity contribution is -0.177. The number of aliphatic hydroxyl groups is 1. The van der Waals surface area contributed by atoms with Crippen LogP contribution in [0, 0.1) is 0 Å². The van der Waals surface area contributed by atoms with Crippen LogP contribution in [0.5, 0.6) is 0 Å². The molecular formula is C16H17ClN2O3. The van der Waals surface area contributed by atoms with Crippen molar-refractivity contribution in [3.8, 4) is 11.4 Å². The zero-order chi connectivity index (χ0) is 15.2. The molecule has 4 rings (SSSR count). The normalized spacial score (nSPS) is 19.5. The maximum atomic E-state index is 9.60. The molecule has 5 nitrogen and oxygen atoms in total. The first-order valence-electron chi connectivity index (χ1n) is 7.44. The molecule has 0 aliphatic carbocycles. The molecule has 0 saturated carbocycles. The predicted octanol–water partition coefficient (Wildman–Crippen LogP) is 2.39. The second-order valence-electron chi connectivity index (χ2n) is 5.69. The summed E-state index contributed by atoms with van der Waals surface area (Å²) >= 11 is 6.10. The predicted molar refractivity (Wildman–Crippen MR) is 81.6 cm³/mol. The highest BCUT2D eigenvalue weighted by Crippen LogP contribution is 2.36. The molecule has 1 spiro atoms. The summed E-state index contributed by atoms with van der Waals surface area (Å²) in [4.78, 5) is 4.62. The van der Waals surface area contributed by atoms with Crippen LogP contribution in [0.2, 0.25) is 5.02 Å². The Balaban J connectivity index is 1.81. The molecule has 1 fully saturated rings. The average Bonchev–Trinajstić information content (AvgIpc) is 3.12. The van der Waals surface area contributed by atoms with Crippen LogP contribution in [0.25, 0.3) is 11.4 Å². The molecule has 2 aromatic rings. The molecule has 2 aliphatic heterocycles. The highest BCUT2D eigenvalue weighted by atomic mass is 35.5. The van der Waals surface area contributed by atoms with Crippen molar-refractivity contribution in [3.05, 3.63) is 40.7 Å². The lowest BCUT2D eigenvalue weighted by atomic mass is 10.0. The van der Waals surface area contributed by atoms with E-state index < -0.39 is 5.79 Å². The van der Waals surface area contributed by atoms with E-state index in [2.05, 4.69) is 9.55 Å². The van der Waals surface area contributed by atoms with Gasteiger partial charge in [-0.05, 0) is 18.6 Å². The van der Waals surface area contributed by atoms with Crippen molar-refractivity contribution in [1.29, 1.82) is 0 Å². The van der Waals surface area contributed by atoms with Crippen molar-refractivity contribution in [2.24, 2.45) is 0 Å². The molecule has 0 unspecified atom stereocenters. The number of aromatic nitrogens is 2. The van der Waals surface area contributed by atoms with E-state index in [1.807, 2.05) is 24.3 Å². The fourth-order valence-electron chi connectivity index (χ4n) is 3.32. The second-order valence-corrected chi connectivity index (χ2v) is 6.13. The van der Waals surface area contributed by atoms with Gasteiger partial charge in [0.15, 0.2) is 5.79 Å². The van der Waals surface area contributed by atoms with Crippen LogP contribution in [0.3, 0.4) is 0 Å². The molecule has 0 radical (unpaired) electrons. The highest BCUT2D eigenvalue weighted by molar-refractivity contribution is 6.30. The topological polar surface area (TPSA) is 56.5 Å². The fourth-order valence-corrected chi connectivity index (χ4v) is 3.51. The minimum absolute atomic E-state index is 0.0649. The molecule has 0 bridgehead atoms. The molecule has 3 heterocycles. The molecule has 6 heteroatoms. The maximum Gasteiger partial charge on any atom is 0.186 e. The van der Waals surface area contributed by atoms with Gasteiger partial charge in [0.2, 0.25) is 0 Å². The van der Waals surface area contributed by atoms with Crippen LogP contribution in [-0.4, -0.2) is 33.7 Å². The largest absolute Gasteiger partial charge is 0.390 e. The summed E-state index contributed by atoms with van der Waals surface area (Å²) in [6, 6.07) is 7.60. The Morgan fingerprint density at radius 3 is 2.86 bits per heavy atom. The fraction of sp³-hybridized carbons (Fsp3) is 0.438. The monoisotopic (exact) mass is 320 g/mol. The van der Waals surface area contributed by atoms with Crippen molar-refractivity contribution in [3.63, 3.8) is 0 Å². The van der Waals surface area contributed by atoms with Crippen molar-refractivity contribution >= 4 is 11.6 Å². The smallest absolute Gasteiger partial charge is 0.186 e. The van der Waals surface area contributed by atoms with Crippen molar-refractivity contribution < 1.29 is 14.6 Å². The second kappa shape index (κ2) is 5.35. The molecule has 116 valence electrons. The minimum atomic E-state index is -0.548. The first kappa shape index (κ1) is 14.2. The molecular weight excluding hydrogens is 304 g/mol. The van der Waals surface area contributed by atoms with E-state index in [4.69, 9.17) is 21.1 Å². The number of ether oxygens (including phenoxy) is 2. The molecule has 2 aliphatic rings. The summed E-state index contributed by atoms with van der Waals surface area (Å²) in [5.41, 5.74) is 2.72. The van der Waals surface area contributed by atoms with Gasteiger partial charge in [0, 0.05) is 22.7 Å². The third-order valence-corrected chi connectivity index (χ3v) is 4.58. The van der Waals surface area contributed by atoms with Gasteiger partial charge in [-0.15, -0.1) is 0 Å². The summed E-state index contributed by atoms with van der Waals surface area (Å²) in [6.45, 7) is 1.79. The van der Waals surface area contributed by atoms with Crippen LogP contribution in [0.1, 0.15) is 17.8 Å². The Kier molecular flexibility index (Phi) is 3.46. The summed E-state index contributed by atoms with van der Waals surface area (Å²) in [5.74, 6) is 0.257. The molecule has 0 atom stereocenters. The van der Waals surface area contributed by atoms with Gasteiger partial charge in [0.1, 0.15) is 5.82 Å². The van der Waals surface area contributed by atoms with E-state index in [1.54, 1.807) is 0 Å². The molecule has 1 N–H and O–H groups in total. The van der Waals surface area contributed by atoms with E-state index in [0.29, 0.717) is 24.8 Å². The molecule has 0 amide bonds. The van der Waals surface area contributed by atoms with Gasteiger partial charge in [-0.25, -0.2) is 4.98 Å². The van der Waals surface area contributed by atoms with Gasteiger partial charge >= 0.3 is 0 Å². The summed E-state index contributed by atoms with van der Waals surface area (Å²) in [5, 5.41) is 10.3. The first-order chi connectivity index (χ1) is 10.7. The lowest BCUT2D eigenvalue weighted by Gasteiger charge is -2.33. The zero-order valence-electron chi connectivity index (χ0n) is 12.1. The summed E-state index contributed by atoms with van der Waals surface area (Å²) < 4.78 is 13.8. The van der Waals surface area contributed by atoms with Crippen molar-refractivity contribution in [2.75, 3.05) is 13.2 Å². The van der Waals surface area contributed by atoms with E-state index >= 15 is 0 Å². The van der Waals surface area contributed by atoms with E-state index in [9.17, 15) is 5.11 Å². The highest BCUT2D eigenvalue weighted by Gasteiger charge is 2.41. The third-order valence-electron chi connectivity index (χ3n) is 4.34. The Morgan fingerprint density at radius 1 is 1.32 bits per heavy atom. The Bertz CT molecular complexity index is 707. The number of hydrogen-bond acceptors (Lipinski definition) is 4. The summed E-state index contributed by atoms with van der Waals surface area (Å²) in [7, 11) is 0. The number of aliphatic hydroxyl groups excluding tert-OH is 1. The molecule has 1 saturated heterocycles. The van der Waals surface area contributed by atoms with Gasteiger partial charge in [-0.2, -0.15) is 0 Å². The van der Waals surface area contributed by atoms with Crippen LogP contribution >= 0.6 is 11.6 Å². The first-order valence-corrected chi connectivity index (χ1v) is 7.82. The van der Waals surface area contributed by atoms with Gasteiger partial charge in [-0.3, -0.25) is 0 Å². The number of benzene rings is 1. The number of rotatable bonds is 2. The molecule has 1 aromatic heterocycles. The van der Waals surface area contributed by atoms with E-state index in [0.717, 1.165) is 35.6 Å². The molecule has 1 aromatic carbocycles. The Hall–Kier alpha value is -1.40. The number of hydrogen-bond donors (Lipinski definition) is 1. The van der Waals surface area contributed by atoms with Crippen molar-refractivity contribution in [2.45, 2.75) is 31.8 Å². The summed E-state index contributed by atoms with van der Waals surface area (Å²) in [6.07, 6.45) is 1.57. The van der Waals surface area contributed by atoms with Gasteiger partial charge in [0.25, 0.3) is 0 Å². The minimum Gasteiger partial charge on any atom is -0.390 e. The zero-order valence-corrected chi connectivity index (χ0v) is 12.8. The standard InChI is InChI=1S/C16H17ClN2O3/c17-12-3-1-2-11(8-12)15-18-13(9-20)14-4-5-16(10-19(14)15)21-6-7-22-16/h1-3,8,20H,4-7,9-10H2. The van der Waals surface area contributed by atoms with Crippen LogP contribution in [0.15, 0.2) is 24.3 Å². The van der Waals surface area contributed by atoms with Gasteiger partial charge in [0.05, 0.1) is 32.1 Å². The third kappa shape index (κ3) is 2.25. The van der Waals surface area contributed by atoms with Crippen molar-refractivity contribution in [1.82, 2.24) is 9.55 Å². The lowest BCUT2D eigenvalue weighted by Crippen LogP contribution is -2.40. The number of imidazole rings is 1. The van der Waals surface area contributed by atoms with Crippen LogP contribution in [-0.2, 0) is 29.0 Å². The number of nitrogens with zero attached hydrogens (tertiary/aromatic N) is 2. The van der Waals surface area contributed by atoms with E-state index in [-0.39, 0.29) is 6.61 Å². The number of halogens is 1. The maximum absolute atomic E-state index is 9.60. The number of fused-ring (bicyclic) bond motifs is 1. The Morgan fingerprint density at radius 2 is 2.14 bits per heavy atom. The average molecular weight is 321 g/mol. The van der Waals surface area contributed by atoms with Crippen LogP contribution in [0.4, 0.5) is 0 Å². The quantitative estimate of drug-likeness (QED) is 0.923. The van der Waals surface area contributed by atoms with E-state index in [1.165, 1.54) is 0 Å². The van der Waals surface area contributed by atoms with Gasteiger partial charge < -0.3 is 19.1 Å². The molecule has 22 heavy (non-hydrogen) atoms.